The summed E-state index contributed by atoms with van der Waals surface area (Å²) < 4.78 is 4.89. The van der Waals surface area contributed by atoms with E-state index in [2.05, 4.69) is 25.5 Å². The average molecular weight is 570 g/mol. The van der Waals surface area contributed by atoms with Gasteiger partial charge >= 0.3 is 0 Å². The van der Waals surface area contributed by atoms with Crippen LogP contribution in [0.1, 0.15) is 19.3 Å². The molecule has 0 aliphatic heterocycles. The smallest absolute Gasteiger partial charge is 0.105 e. The van der Waals surface area contributed by atoms with Crippen molar-refractivity contribution in [1.82, 2.24) is 0 Å². The Morgan fingerprint density at radius 2 is 1.30 bits per heavy atom. The van der Waals surface area contributed by atoms with Crippen LogP contribution in [0.2, 0.25) is 0 Å². The molecule has 0 fully saturated rings. The van der Waals surface area contributed by atoms with Gasteiger partial charge in [0.1, 0.15) is 5.76 Å². The summed E-state index contributed by atoms with van der Waals surface area (Å²) in [6.45, 7) is 9.54. The Labute approximate surface area is 179 Å². The molecule has 0 aromatic carbocycles. The molecule has 0 aromatic rings. The van der Waals surface area contributed by atoms with E-state index in [1.54, 1.807) is 7.11 Å². The minimum atomic E-state index is -1.08. The van der Waals surface area contributed by atoms with Crippen molar-refractivity contribution in [2.24, 2.45) is 0 Å². The predicted octanol–water partition coefficient (Wildman–Crippen LogP) is -0.998. The normalized spacial score (nSPS) is 9.59. The number of carbonyl (C=O) groups excluding carboxylic acids is 3. The number of ether oxygens (including phenoxy) is 1. The van der Waals surface area contributed by atoms with Gasteiger partial charge in [-0.2, -0.15) is 0 Å². The first-order valence-electron chi connectivity index (χ1n) is 7.17. The fourth-order valence-corrected chi connectivity index (χ4v) is 0.861. The summed E-state index contributed by atoms with van der Waals surface area (Å²) in [6.07, 6.45) is 11.1. The summed E-state index contributed by atoms with van der Waals surface area (Å²) in [5.74, 6) is -2.36. The molecule has 0 aromatic heterocycles. The van der Waals surface area contributed by atoms with Crippen molar-refractivity contribution in [3.63, 3.8) is 0 Å². The molecule has 1 aliphatic rings. The SMILES string of the molecule is C=CCC(=O)[O-].C=CCC(=O)[O-].C=CCC(=O)[O-].COC1=CC=C=C[CH]1.[Pb]. The predicted molar refractivity (Wildman–Crippen MR) is 97.3 cm³/mol. The number of methoxy groups -OCH3 is 1. The van der Waals surface area contributed by atoms with Gasteiger partial charge in [0.15, 0.2) is 0 Å². The quantitative estimate of drug-likeness (QED) is 0.219. The van der Waals surface area contributed by atoms with Crippen LogP contribution in [-0.4, -0.2) is 52.3 Å². The van der Waals surface area contributed by atoms with Gasteiger partial charge in [-0.1, -0.05) is 18.2 Å². The number of allylic oxidation sites excluding steroid dienone is 2. The van der Waals surface area contributed by atoms with Crippen LogP contribution in [0.25, 0.3) is 0 Å². The van der Waals surface area contributed by atoms with Gasteiger partial charge in [-0.15, -0.1) is 25.5 Å². The number of aliphatic carboxylic acids is 3. The van der Waals surface area contributed by atoms with Crippen LogP contribution in [0.15, 0.2) is 67.7 Å². The van der Waals surface area contributed by atoms with Crippen molar-refractivity contribution < 1.29 is 34.4 Å². The Morgan fingerprint density at radius 1 is 0.926 bits per heavy atom. The van der Waals surface area contributed by atoms with Crippen LogP contribution in [0, 0.1) is 6.42 Å². The molecule has 147 valence electrons. The fraction of sp³-hybridized carbons (Fsp3) is 0.211. The van der Waals surface area contributed by atoms with E-state index in [1.165, 1.54) is 18.2 Å². The van der Waals surface area contributed by atoms with Crippen LogP contribution >= 0.6 is 0 Å². The van der Waals surface area contributed by atoms with Crippen molar-refractivity contribution >= 4 is 45.2 Å². The largest absolute Gasteiger partial charge is 0.550 e. The van der Waals surface area contributed by atoms with Crippen molar-refractivity contribution in [2.45, 2.75) is 19.3 Å². The first-order chi connectivity index (χ1) is 12.2. The van der Waals surface area contributed by atoms with Crippen molar-refractivity contribution in [1.29, 1.82) is 0 Å². The summed E-state index contributed by atoms with van der Waals surface area (Å²) in [6, 6.07) is 0. The number of rotatable bonds is 7. The first-order valence-corrected chi connectivity index (χ1v) is 7.17. The maximum atomic E-state index is 9.42. The molecule has 0 unspecified atom stereocenters. The molecule has 0 saturated carbocycles. The van der Waals surface area contributed by atoms with Crippen molar-refractivity contribution in [2.75, 3.05) is 7.11 Å². The Hall–Kier alpha value is -2.39. The third-order valence-corrected chi connectivity index (χ3v) is 1.86. The van der Waals surface area contributed by atoms with E-state index in [0.717, 1.165) is 5.76 Å². The second-order valence-corrected chi connectivity index (χ2v) is 4.03. The van der Waals surface area contributed by atoms with Gasteiger partial charge in [0.2, 0.25) is 0 Å². The van der Waals surface area contributed by atoms with E-state index in [0.29, 0.717) is 0 Å². The van der Waals surface area contributed by atoms with Gasteiger partial charge in [0.25, 0.3) is 0 Å². The molecule has 1 rings (SSSR count). The number of carboxylic acids is 3. The van der Waals surface area contributed by atoms with Gasteiger partial charge < -0.3 is 34.4 Å². The van der Waals surface area contributed by atoms with Crippen molar-refractivity contribution in [3.05, 3.63) is 74.1 Å². The van der Waals surface area contributed by atoms with E-state index < -0.39 is 17.9 Å². The first kappa shape index (κ1) is 32.3. The Morgan fingerprint density at radius 3 is 1.41 bits per heavy atom. The molecule has 7 nitrogen and oxygen atoms in total. The molecule has 0 saturated heterocycles. The van der Waals surface area contributed by atoms with Crippen LogP contribution in [0.5, 0.6) is 0 Å². The van der Waals surface area contributed by atoms with Crippen molar-refractivity contribution in [3.8, 4) is 0 Å². The molecule has 0 atom stereocenters. The summed E-state index contributed by atoms with van der Waals surface area (Å²) in [4.78, 5) is 28.3. The minimum absolute atomic E-state index is 0. The van der Waals surface area contributed by atoms with Gasteiger partial charge in [-0.05, 0) is 18.2 Å². The maximum absolute atomic E-state index is 9.42. The molecule has 0 spiro atoms. The molecule has 0 amide bonds. The van der Waals surface area contributed by atoms with E-state index in [4.69, 9.17) is 4.74 Å². The van der Waals surface area contributed by atoms with E-state index in [-0.39, 0.29) is 46.6 Å². The molecule has 27 heavy (non-hydrogen) atoms. The Bertz CT molecular complexity index is 509. The van der Waals surface area contributed by atoms with Gasteiger partial charge in [-0.3, -0.25) is 0 Å². The van der Waals surface area contributed by atoms with Crippen LogP contribution < -0.4 is 15.3 Å². The summed E-state index contributed by atoms with van der Waals surface area (Å²) in [5, 5.41) is 28.3. The summed E-state index contributed by atoms with van der Waals surface area (Å²) in [5.41, 5.74) is 2.89. The fourth-order valence-electron chi connectivity index (χ4n) is 0.861. The summed E-state index contributed by atoms with van der Waals surface area (Å²) >= 11 is 0. The Kier molecular flexibility index (Phi) is 30.9. The Balaban J connectivity index is -0.000000131. The second-order valence-electron chi connectivity index (χ2n) is 4.03. The molecule has 5 radical (unpaired) electrons. The third-order valence-electron chi connectivity index (χ3n) is 1.86. The third kappa shape index (κ3) is 40.0. The molecular formula is C19H22O7Pb-3. The van der Waals surface area contributed by atoms with Gasteiger partial charge in [-0.25, -0.2) is 0 Å². The van der Waals surface area contributed by atoms with Crippen LogP contribution in [0.3, 0.4) is 0 Å². The number of carbonyl (C=O) groups is 3. The maximum Gasteiger partial charge on any atom is 0.105 e. The minimum Gasteiger partial charge on any atom is -0.550 e. The van der Waals surface area contributed by atoms with E-state index in [1.807, 2.05) is 24.6 Å². The molecule has 1 aliphatic carbocycles. The van der Waals surface area contributed by atoms with Gasteiger partial charge in [0, 0.05) is 64.5 Å². The van der Waals surface area contributed by atoms with Crippen LogP contribution in [-0.2, 0) is 19.1 Å². The zero-order valence-electron chi connectivity index (χ0n) is 15.1. The topological polar surface area (TPSA) is 130 Å². The average Bonchev–Trinajstić information content (AvgIpc) is 2.57. The second kappa shape index (κ2) is 25.8. The van der Waals surface area contributed by atoms with E-state index >= 15 is 0 Å². The monoisotopic (exact) mass is 570 g/mol. The number of carboxylic acid groups (broad SMARTS) is 3. The molecule has 0 heterocycles. The number of hydrogen-bond acceptors (Lipinski definition) is 7. The zero-order valence-corrected chi connectivity index (χ0v) is 19.0. The molecule has 0 N–H and O–H groups in total. The zero-order chi connectivity index (χ0) is 20.8. The van der Waals surface area contributed by atoms with Gasteiger partial charge in [0.05, 0.1) is 13.5 Å². The molecular weight excluding hydrogens is 547 g/mol. The summed E-state index contributed by atoms with van der Waals surface area (Å²) in [7, 11) is 1.65. The molecule has 8 heteroatoms. The van der Waals surface area contributed by atoms with Crippen LogP contribution in [0.4, 0.5) is 0 Å². The van der Waals surface area contributed by atoms with E-state index in [9.17, 15) is 29.7 Å². The molecule has 0 bridgehead atoms. The number of hydrogen-bond donors (Lipinski definition) is 0. The standard InChI is InChI=1S/C7H7O.3C4H6O2.Pb/c1-8-7-5-3-2-4-6-7;3*1-2-3-4(5)6;/h3-6H,1H3;3*2H,1,3H2,(H,5,6);/p-3.